The van der Waals surface area contributed by atoms with Crippen LogP contribution in [0, 0.1) is 0 Å². The molecule has 0 spiro atoms. The van der Waals surface area contributed by atoms with Crippen molar-refractivity contribution in [3.8, 4) is 0 Å². The lowest BCUT2D eigenvalue weighted by molar-refractivity contribution is 0.0532. The molecule has 0 radical (unpaired) electrons. The van der Waals surface area contributed by atoms with E-state index in [2.05, 4.69) is 46.5 Å². The number of hydrogen-bond acceptors (Lipinski definition) is 3. The molecule has 1 aromatic carbocycles. The second-order valence-electron chi connectivity index (χ2n) is 8.40. The third-order valence-electron chi connectivity index (χ3n) is 5.90. The van der Waals surface area contributed by atoms with E-state index in [-0.39, 0.29) is 29.4 Å². The topological polar surface area (TPSA) is 48.9 Å². The Bertz CT molecular complexity index is 658. The molecular weight excluding hydrogens is 499 g/mol. The van der Waals surface area contributed by atoms with Crippen molar-refractivity contribution < 1.29 is 4.74 Å². The Labute approximate surface area is 198 Å². The van der Waals surface area contributed by atoms with Crippen LogP contribution in [0.15, 0.2) is 29.3 Å². The largest absolute Gasteiger partial charge is 0.377 e. The van der Waals surface area contributed by atoms with E-state index >= 15 is 0 Å². The van der Waals surface area contributed by atoms with Gasteiger partial charge in [-0.25, -0.2) is 0 Å². The smallest absolute Gasteiger partial charge is 0.191 e. The highest BCUT2D eigenvalue weighted by atomic mass is 127. The van der Waals surface area contributed by atoms with Gasteiger partial charge in [0.25, 0.3) is 0 Å². The number of halogens is 2. The highest BCUT2D eigenvalue weighted by molar-refractivity contribution is 14.0. The maximum atomic E-state index is 6.19. The Morgan fingerprint density at radius 3 is 2.62 bits per heavy atom. The molecule has 2 N–H and O–H groups in total. The third kappa shape index (κ3) is 7.56. The van der Waals surface area contributed by atoms with Crippen molar-refractivity contribution in [2.24, 2.45) is 4.99 Å². The minimum absolute atomic E-state index is 0. The first-order valence-electron chi connectivity index (χ1n) is 10.6. The number of guanidine groups is 1. The summed E-state index contributed by atoms with van der Waals surface area (Å²) in [6, 6.07) is 8.76. The zero-order valence-electron chi connectivity index (χ0n) is 17.9. The van der Waals surface area contributed by atoms with Gasteiger partial charge in [0.1, 0.15) is 0 Å². The molecule has 2 fully saturated rings. The molecule has 1 aliphatic heterocycles. The highest BCUT2D eigenvalue weighted by Crippen LogP contribution is 2.48. The van der Waals surface area contributed by atoms with E-state index in [0.29, 0.717) is 12.1 Å². The van der Waals surface area contributed by atoms with Crippen LogP contribution in [0.3, 0.4) is 0 Å². The van der Waals surface area contributed by atoms with Crippen molar-refractivity contribution in [2.45, 2.75) is 57.1 Å². The minimum Gasteiger partial charge on any atom is -0.377 e. The van der Waals surface area contributed by atoms with Gasteiger partial charge in [-0.15, -0.1) is 24.0 Å². The van der Waals surface area contributed by atoms with E-state index in [0.717, 1.165) is 56.6 Å². The number of ether oxygens (including phenoxy) is 1. The van der Waals surface area contributed by atoms with E-state index < -0.39 is 0 Å². The van der Waals surface area contributed by atoms with Crippen molar-refractivity contribution in [3.63, 3.8) is 0 Å². The molecule has 1 saturated heterocycles. The van der Waals surface area contributed by atoms with Gasteiger partial charge in [-0.3, -0.25) is 4.99 Å². The molecule has 0 bridgehead atoms. The van der Waals surface area contributed by atoms with E-state index in [4.69, 9.17) is 16.3 Å². The van der Waals surface area contributed by atoms with Crippen molar-refractivity contribution >= 4 is 41.5 Å². The molecule has 0 aromatic heterocycles. The first-order valence-corrected chi connectivity index (χ1v) is 11.0. The number of nitrogens with one attached hydrogen (secondary N) is 2. The number of nitrogens with zero attached hydrogens (tertiary/aromatic N) is 2. The van der Waals surface area contributed by atoms with E-state index in [1.165, 1.54) is 18.4 Å². The van der Waals surface area contributed by atoms with E-state index in [1.54, 1.807) is 0 Å². The van der Waals surface area contributed by atoms with Gasteiger partial charge in [-0.05, 0) is 57.2 Å². The summed E-state index contributed by atoms with van der Waals surface area (Å²) in [5.74, 6) is 0.912. The van der Waals surface area contributed by atoms with Crippen LogP contribution in [-0.4, -0.2) is 62.8 Å². The van der Waals surface area contributed by atoms with Crippen molar-refractivity contribution in [3.05, 3.63) is 34.9 Å². The molecule has 1 aromatic rings. The summed E-state index contributed by atoms with van der Waals surface area (Å²) in [4.78, 5) is 6.94. The molecule has 1 aliphatic carbocycles. The Morgan fingerprint density at radius 1 is 1.31 bits per heavy atom. The van der Waals surface area contributed by atoms with Crippen LogP contribution in [-0.2, 0) is 10.2 Å². The first-order chi connectivity index (χ1) is 13.5. The highest BCUT2D eigenvalue weighted by Gasteiger charge is 2.44. The number of rotatable bonds is 8. The Morgan fingerprint density at radius 2 is 2.03 bits per heavy atom. The van der Waals surface area contributed by atoms with Gasteiger partial charge < -0.3 is 20.3 Å². The predicted molar refractivity (Wildman–Crippen MR) is 133 cm³/mol. The standard InChI is InChI=1S/C22H35ClN4O.HI/c1-17(2)28-14-13-27-11-7-20(8-12-27)26-21(24-3)25-16-22(9-10-22)18-5-4-6-19(23)15-18;/h4-6,15,17,20H,7-14,16H2,1-3H3,(H2,24,25,26);1H. The summed E-state index contributed by atoms with van der Waals surface area (Å²) >= 11 is 6.19. The van der Waals surface area contributed by atoms with Crippen LogP contribution in [0.4, 0.5) is 0 Å². The first kappa shape index (κ1) is 24.7. The van der Waals surface area contributed by atoms with Crippen LogP contribution in [0.2, 0.25) is 5.02 Å². The normalized spacial score (nSPS) is 19.7. The lowest BCUT2D eigenvalue weighted by atomic mass is 9.96. The number of likely N-dealkylation sites (tertiary alicyclic amines) is 1. The molecule has 29 heavy (non-hydrogen) atoms. The number of hydrogen-bond donors (Lipinski definition) is 2. The van der Waals surface area contributed by atoms with Gasteiger partial charge in [0, 0.05) is 49.7 Å². The molecule has 0 atom stereocenters. The molecule has 7 heteroatoms. The van der Waals surface area contributed by atoms with E-state index in [1.807, 2.05) is 19.2 Å². The Hall–Kier alpha value is -0.570. The molecule has 5 nitrogen and oxygen atoms in total. The third-order valence-corrected chi connectivity index (χ3v) is 6.13. The molecule has 164 valence electrons. The maximum Gasteiger partial charge on any atom is 0.191 e. The molecule has 0 unspecified atom stereocenters. The quantitative estimate of drug-likeness (QED) is 0.300. The van der Waals surface area contributed by atoms with Crippen LogP contribution < -0.4 is 10.6 Å². The van der Waals surface area contributed by atoms with Crippen LogP contribution in [0.25, 0.3) is 0 Å². The van der Waals surface area contributed by atoms with Gasteiger partial charge in [0.05, 0.1) is 12.7 Å². The molecule has 2 aliphatic rings. The van der Waals surface area contributed by atoms with Gasteiger partial charge >= 0.3 is 0 Å². The Kier molecular flexibility index (Phi) is 9.98. The van der Waals surface area contributed by atoms with Gasteiger partial charge in [0.15, 0.2) is 5.96 Å². The zero-order valence-corrected chi connectivity index (χ0v) is 21.0. The second-order valence-corrected chi connectivity index (χ2v) is 8.83. The lowest BCUT2D eigenvalue weighted by Crippen LogP contribution is -2.50. The van der Waals surface area contributed by atoms with E-state index in [9.17, 15) is 0 Å². The lowest BCUT2D eigenvalue weighted by Gasteiger charge is -2.33. The SMILES string of the molecule is CN=C(NCC1(c2cccc(Cl)c2)CC1)NC1CCN(CCOC(C)C)CC1.I. The summed E-state index contributed by atoms with van der Waals surface area (Å²) in [6.45, 7) is 9.16. The van der Waals surface area contributed by atoms with Crippen LogP contribution in [0.5, 0.6) is 0 Å². The fourth-order valence-corrected chi connectivity index (χ4v) is 4.09. The number of benzene rings is 1. The van der Waals surface area contributed by atoms with Gasteiger partial charge in [-0.1, -0.05) is 23.7 Å². The second kappa shape index (κ2) is 11.7. The molecule has 0 amide bonds. The maximum absolute atomic E-state index is 6.19. The van der Waals surface area contributed by atoms with Crippen molar-refractivity contribution in [2.75, 3.05) is 39.8 Å². The van der Waals surface area contributed by atoms with Crippen LogP contribution >= 0.6 is 35.6 Å². The molecular formula is C22H36ClIN4O. The average Bonchev–Trinajstić information content (AvgIpc) is 3.47. The van der Waals surface area contributed by atoms with Crippen molar-refractivity contribution in [1.82, 2.24) is 15.5 Å². The van der Waals surface area contributed by atoms with Crippen LogP contribution in [0.1, 0.15) is 45.1 Å². The molecule has 1 heterocycles. The Balaban J connectivity index is 0.00000300. The fourth-order valence-electron chi connectivity index (χ4n) is 3.90. The predicted octanol–water partition coefficient (Wildman–Crippen LogP) is 4.04. The monoisotopic (exact) mass is 534 g/mol. The van der Waals surface area contributed by atoms with Gasteiger partial charge in [0.2, 0.25) is 0 Å². The summed E-state index contributed by atoms with van der Waals surface area (Å²) in [5.41, 5.74) is 1.54. The summed E-state index contributed by atoms with van der Waals surface area (Å²) in [7, 11) is 1.85. The average molecular weight is 535 g/mol. The van der Waals surface area contributed by atoms with Gasteiger partial charge in [-0.2, -0.15) is 0 Å². The summed E-state index contributed by atoms with van der Waals surface area (Å²) in [5, 5.41) is 7.99. The van der Waals surface area contributed by atoms with Crippen molar-refractivity contribution in [1.29, 1.82) is 0 Å². The summed E-state index contributed by atoms with van der Waals surface area (Å²) < 4.78 is 5.67. The number of aliphatic imine (C=N–C) groups is 1. The fraction of sp³-hybridized carbons (Fsp3) is 0.682. The number of piperidine rings is 1. The zero-order chi connectivity index (χ0) is 20.0. The summed E-state index contributed by atoms with van der Waals surface area (Å²) in [6.07, 6.45) is 5.00. The molecule has 1 saturated carbocycles. The minimum atomic E-state index is 0. The molecule has 3 rings (SSSR count).